The first-order valence-electron chi connectivity index (χ1n) is 5.77. The highest BCUT2D eigenvalue weighted by Gasteiger charge is 2.13. The summed E-state index contributed by atoms with van der Waals surface area (Å²) in [5, 5.41) is 0.841. The van der Waals surface area contributed by atoms with Crippen molar-refractivity contribution in [2.24, 2.45) is 0 Å². The number of H-pyrrole nitrogens is 1. The number of rotatable bonds is 3. The highest BCUT2D eigenvalue weighted by Crippen LogP contribution is 2.31. The Bertz CT molecular complexity index is 670. The Balaban J connectivity index is 2.63. The number of hydrogen-bond donors (Lipinski definition) is 1. The summed E-state index contributed by atoms with van der Waals surface area (Å²) in [4.78, 5) is 19.2. The Morgan fingerprint density at radius 1 is 1.37 bits per heavy atom. The molecular weight excluding hydrogens is 398 g/mol. The number of nitrogens with zero attached hydrogens (tertiary/aromatic N) is 1. The molecule has 0 saturated heterocycles. The summed E-state index contributed by atoms with van der Waals surface area (Å²) in [6.07, 6.45) is 1.68. The SMILES string of the molecule is CCCc1nc(-c2cccc(Cl)c2Cl)[nH]c(=O)c1I. The van der Waals surface area contributed by atoms with Gasteiger partial charge >= 0.3 is 0 Å². The molecule has 1 aromatic heterocycles. The molecule has 0 amide bonds. The lowest BCUT2D eigenvalue weighted by molar-refractivity contribution is 0.860. The highest BCUT2D eigenvalue weighted by atomic mass is 127. The summed E-state index contributed by atoms with van der Waals surface area (Å²) in [6, 6.07) is 5.27. The standard InChI is InChI=1S/C13H11Cl2IN2O/c1-2-4-9-11(16)13(19)18-12(17-9)7-5-3-6-8(14)10(7)15/h3,5-6H,2,4H2,1H3,(H,17,18,19). The molecule has 19 heavy (non-hydrogen) atoms. The van der Waals surface area contributed by atoms with E-state index in [1.54, 1.807) is 18.2 Å². The van der Waals surface area contributed by atoms with Crippen molar-refractivity contribution in [3.63, 3.8) is 0 Å². The number of halogens is 3. The summed E-state index contributed by atoms with van der Waals surface area (Å²) in [5.74, 6) is 0.460. The molecule has 0 fully saturated rings. The van der Waals surface area contributed by atoms with Crippen LogP contribution in [0.15, 0.2) is 23.0 Å². The molecule has 0 aliphatic heterocycles. The Morgan fingerprint density at radius 3 is 2.79 bits per heavy atom. The number of benzene rings is 1. The molecule has 0 spiro atoms. The monoisotopic (exact) mass is 408 g/mol. The predicted octanol–water partition coefficient (Wildman–Crippen LogP) is 4.30. The Hall–Kier alpha value is -0.590. The Labute approximate surface area is 134 Å². The Morgan fingerprint density at radius 2 is 2.11 bits per heavy atom. The maximum absolute atomic E-state index is 11.9. The van der Waals surface area contributed by atoms with Gasteiger partial charge < -0.3 is 4.98 Å². The maximum atomic E-state index is 11.9. The second-order valence-corrected chi connectivity index (χ2v) is 5.89. The van der Waals surface area contributed by atoms with Crippen LogP contribution < -0.4 is 5.56 Å². The lowest BCUT2D eigenvalue weighted by atomic mass is 10.2. The molecule has 0 atom stereocenters. The maximum Gasteiger partial charge on any atom is 0.264 e. The predicted molar refractivity (Wildman–Crippen MR) is 87.0 cm³/mol. The van der Waals surface area contributed by atoms with Gasteiger partial charge in [-0.15, -0.1) is 0 Å². The van der Waals surface area contributed by atoms with E-state index >= 15 is 0 Å². The van der Waals surface area contributed by atoms with Gasteiger partial charge in [-0.3, -0.25) is 4.79 Å². The second-order valence-electron chi connectivity index (χ2n) is 4.03. The van der Waals surface area contributed by atoms with Crippen molar-refractivity contribution in [2.45, 2.75) is 19.8 Å². The van der Waals surface area contributed by atoms with Crippen LogP contribution in [0.4, 0.5) is 0 Å². The molecular formula is C13H11Cl2IN2O. The first kappa shape index (κ1) is 14.8. The van der Waals surface area contributed by atoms with E-state index in [2.05, 4.69) is 9.97 Å². The van der Waals surface area contributed by atoms with Gasteiger partial charge in [-0.1, -0.05) is 42.6 Å². The minimum Gasteiger partial charge on any atom is -0.306 e. The van der Waals surface area contributed by atoms with Crippen LogP contribution in [0.25, 0.3) is 11.4 Å². The van der Waals surface area contributed by atoms with Crippen molar-refractivity contribution in [3.05, 3.63) is 47.9 Å². The molecule has 0 bridgehead atoms. The van der Waals surface area contributed by atoms with Crippen molar-refractivity contribution in [1.82, 2.24) is 9.97 Å². The second kappa shape index (κ2) is 6.24. The lowest BCUT2D eigenvalue weighted by Gasteiger charge is -2.08. The number of aryl methyl sites for hydroxylation is 1. The van der Waals surface area contributed by atoms with Crippen LogP contribution in [0.2, 0.25) is 10.0 Å². The van der Waals surface area contributed by atoms with Crippen molar-refractivity contribution in [3.8, 4) is 11.4 Å². The minimum absolute atomic E-state index is 0.148. The molecule has 0 aliphatic carbocycles. The molecule has 1 N–H and O–H groups in total. The summed E-state index contributed by atoms with van der Waals surface area (Å²) in [5.41, 5.74) is 1.28. The van der Waals surface area contributed by atoms with Gasteiger partial charge in [0, 0.05) is 5.56 Å². The van der Waals surface area contributed by atoms with Gasteiger partial charge in [0.2, 0.25) is 0 Å². The van der Waals surface area contributed by atoms with Crippen LogP contribution >= 0.6 is 45.8 Å². The number of aromatic amines is 1. The molecule has 0 unspecified atom stereocenters. The van der Waals surface area contributed by atoms with Crippen molar-refractivity contribution in [1.29, 1.82) is 0 Å². The van der Waals surface area contributed by atoms with Crippen LogP contribution in [0.1, 0.15) is 19.0 Å². The van der Waals surface area contributed by atoms with E-state index in [0.717, 1.165) is 18.5 Å². The largest absolute Gasteiger partial charge is 0.306 e. The summed E-state index contributed by atoms with van der Waals surface area (Å²) in [7, 11) is 0. The van der Waals surface area contributed by atoms with Crippen molar-refractivity contribution >= 4 is 45.8 Å². The van der Waals surface area contributed by atoms with Gasteiger partial charge in [0.05, 0.1) is 19.3 Å². The molecule has 2 aromatic rings. The third-order valence-electron chi connectivity index (χ3n) is 2.62. The molecule has 1 heterocycles. The third kappa shape index (κ3) is 3.12. The van der Waals surface area contributed by atoms with E-state index in [1.165, 1.54) is 0 Å². The van der Waals surface area contributed by atoms with E-state index in [-0.39, 0.29) is 5.56 Å². The molecule has 100 valence electrons. The van der Waals surface area contributed by atoms with Crippen molar-refractivity contribution in [2.75, 3.05) is 0 Å². The van der Waals surface area contributed by atoms with Gasteiger partial charge in [-0.25, -0.2) is 4.98 Å². The molecule has 6 heteroatoms. The summed E-state index contributed by atoms with van der Waals surface area (Å²) < 4.78 is 0.626. The molecule has 3 nitrogen and oxygen atoms in total. The van der Waals surface area contributed by atoms with Gasteiger partial charge in [-0.2, -0.15) is 0 Å². The average Bonchev–Trinajstić information content (AvgIpc) is 2.38. The van der Waals surface area contributed by atoms with E-state index in [4.69, 9.17) is 23.2 Å². The third-order valence-corrected chi connectivity index (χ3v) is 4.56. The highest BCUT2D eigenvalue weighted by molar-refractivity contribution is 14.1. The van der Waals surface area contributed by atoms with E-state index < -0.39 is 0 Å². The minimum atomic E-state index is -0.148. The Kier molecular flexibility index (Phi) is 4.86. The zero-order valence-corrected chi connectivity index (χ0v) is 13.8. The van der Waals surface area contributed by atoms with Crippen LogP contribution in [0.3, 0.4) is 0 Å². The summed E-state index contributed by atoms with van der Waals surface area (Å²) in [6.45, 7) is 2.05. The fourth-order valence-corrected chi connectivity index (χ4v) is 2.64. The van der Waals surface area contributed by atoms with Gasteiger partial charge in [0.1, 0.15) is 5.82 Å². The zero-order valence-electron chi connectivity index (χ0n) is 10.1. The topological polar surface area (TPSA) is 45.8 Å². The van der Waals surface area contributed by atoms with Crippen LogP contribution in [-0.4, -0.2) is 9.97 Å². The quantitative estimate of drug-likeness (QED) is 0.769. The van der Waals surface area contributed by atoms with E-state index in [0.29, 0.717) is 25.0 Å². The molecule has 2 rings (SSSR count). The number of aromatic nitrogens is 2. The number of hydrogen-bond acceptors (Lipinski definition) is 2. The van der Waals surface area contributed by atoms with Crippen molar-refractivity contribution < 1.29 is 0 Å². The number of nitrogens with one attached hydrogen (secondary N) is 1. The normalized spacial score (nSPS) is 10.7. The first-order valence-corrected chi connectivity index (χ1v) is 7.61. The zero-order chi connectivity index (χ0) is 14.0. The molecule has 0 aliphatic rings. The van der Waals surface area contributed by atoms with Crippen LogP contribution in [0, 0.1) is 3.57 Å². The van der Waals surface area contributed by atoms with Crippen LogP contribution in [0.5, 0.6) is 0 Å². The fraction of sp³-hybridized carbons (Fsp3) is 0.231. The smallest absolute Gasteiger partial charge is 0.264 e. The van der Waals surface area contributed by atoms with E-state index in [1.807, 2.05) is 29.5 Å². The summed E-state index contributed by atoms with van der Waals surface area (Å²) >= 11 is 14.2. The lowest BCUT2D eigenvalue weighted by Crippen LogP contribution is -2.16. The van der Waals surface area contributed by atoms with Gasteiger partial charge in [0.15, 0.2) is 0 Å². The van der Waals surface area contributed by atoms with E-state index in [9.17, 15) is 4.79 Å². The van der Waals surface area contributed by atoms with Gasteiger partial charge in [-0.05, 0) is 41.1 Å². The molecule has 1 aromatic carbocycles. The average molecular weight is 409 g/mol. The fourth-order valence-electron chi connectivity index (χ4n) is 1.72. The molecule has 0 saturated carbocycles. The first-order chi connectivity index (χ1) is 9.04. The van der Waals surface area contributed by atoms with Crippen LogP contribution in [-0.2, 0) is 6.42 Å². The molecule has 0 radical (unpaired) electrons. The van der Waals surface area contributed by atoms with Gasteiger partial charge in [0.25, 0.3) is 5.56 Å².